The second-order valence-electron chi connectivity index (χ2n) is 5.83. The SMILES string of the molecule is CCCNC1CCCC1Cc1c(Cl)c(CC)nn1CC. The molecule has 1 aromatic heterocycles. The molecule has 1 saturated carbocycles. The Morgan fingerprint density at radius 1 is 1.30 bits per heavy atom. The van der Waals surface area contributed by atoms with Crippen LogP contribution in [0.5, 0.6) is 0 Å². The fourth-order valence-electron chi connectivity index (χ4n) is 3.34. The van der Waals surface area contributed by atoms with Crippen molar-refractivity contribution in [3.63, 3.8) is 0 Å². The molecule has 1 aliphatic carbocycles. The molecule has 0 amide bonds. The van der Waals surface area contributed by atoms with Gasteiger partial charge >= 0.3 is 0 Å². The minimum absolute atomic E-state index is 0.663. The van der Waals surface area contributed by atoms with Crippen molar-refractivity contribution in [3.05, 3.63) is 16.4 Å². The summed E-state index contributed by atoms with van der Waals surface area (Å²) in [5.74, 6) is 0.714. The normalized spacial score (nSPS) is 22.6. The highest BCUT2D eigenvalue weighted by atomic mass is 35.5. The molecule has 3 nitrogen and oxygen atoms in total. The van der Waals surface area contributed by atoms with Gasteiger partial charge in [-0.2, -0.15) is 5.10 Å². The van der Waals surface area contributed by atoms with Crippen molar-refractivity contribution >= 4 is 11.6 Å². The van der Waals surface area contributed by atoms with Crippen LogP contribution >= 0.6 is 11.6 Å². The monoisotopic (exact) mass is 297 g/mol. The Bertz CT molecular complexity index is 428. The van der Waals surface area contributed by atoms with Crippen LogP contribution in [0.1, 0.15) is 57.8 Å². The van der Waals surface area contributed by atoms with Gasteiger partial charge in [-0.15, -0.1) is 0 Å². The lowest BCUT2D eigenvalue weighted by atomic mass is 9.97. The number of hydrogen-bond donors (Lipinski definition) is 1. The molecule has 1 fully saturated rings. The molecule has 4 heteroatoms. The zero-order valence-corrected chi connectivity index (χ0v) is 13.8. The number of aryl methyl sites for hydroxylation is 2. The fraction of sp³-hybridized carbons (Fsp3) is 0.812. The van der Waals surface area contributed by atoms with Crippen LogP contribution in [0.25, 0.3) is 0 Å². The van der Waals surface area contributed by atoms with Gasteiger partial charge in [-0.25, -0.2) is 0 Å². The average molecular weight is 298 g/mol. The summed E-state index contributed by atoms with van der Waals surface area (Å²) in [4.78, 5) is 0. The van der Waals surface area contributed by atoms with E-state index in [2.05, 4.69) is 35.9 Å². The third-order valence-corrected chi connectivity index (χ3v) is 4.90. The number of aromatic nitrogens is 2. The van der Waals surface area contributed by atoms with Crippen molar-refractivity contribution in [2.45, 2.75) is 71.9 Å². The molecule has 0 saturated heterocycles. The first-order valence-corrected chi connectivity index (χ1v) is 8.56. The summed E-state index contributed by atoms with van der Waals surface area (Å²) in [5.41, 5.74) is 2.31. The fourth-order valence-corrected chi connectivity index (χ4v) is 3.69. The van der Waals surface area contributed by atoms with Gasteiger partial charge in [0.05, 0.1) is 16.4 Å². The number of hydrogen-bond acceptors (Lipinski definition) is 2. The molecule has 0 aliphatic heterocycles. The molecule has 2 atom stereocenters. The van der Waals surface area contributed by atoms with Crippen molar-refractivity contribution in [1.82, 2.24) is 15.1 Å². The maximum atomic E-state index is 6.54. The summed E-state index contributed by atoms with van der Waals surface area (Å²) in [5, 5.41) is 9.26. The van der Waals surface area contributed by atoms with Gasteiger partial charge < -0.3 is 5.32 Å². The van der Waals surface area contributed by atoms with Crippen molar-refractivity contribution in [3.8, 4) is 0 Å². The first kappa shape index (κ1) is 15.8. The highest BCUT2D eigenvalue weighted by Crippen LogP contribution is 2.32. The summed E-state index contributed by atoms with van der Waals surface area (Å²) >= 11 is 6.54. The first-order chi connectivity index (χ1) is 9.71. The van der Waals surface area contributed by atoms with Gasteiger partial charge in [0, 0.05) is 12.6 Å². The van der Waals surface area contributed by atoms with Gasteiger partial charge in [-0.3, -0.25) is 4.68 Å². The van der Waals surface area contributed by atoms with Crippen LogP contribution in [0.15, 0.2) is 0 Å². The molecular weight excluding hydrogens is 270 g/mol. The zero-order valence-electron chi connectivity index (χ0n) is 13.1. The second kappa shape index (κ2) is 7.46. The van der Waals surface area contributed by atoms with E-state index in [9.17, 15) is 0 Å². The lowest BCUT2D eigenvalue weighted by Gasteiger charge is -2.21. The number of rotatable bonds is 7. The second-order valence-corrected chi connectivity index (χ2v) is 6.21. The van der Waals surface area contributed by atoms with Crippen LogP contribution in [0, 0.1) is 5.92 Å². The maximum Gasteiger partial charge on any atom is 0.0849 e. The highest BCUT2D eigenvalue weighted by Gasteiger charge is 2.29. The average Bonchev–Trinajstić information content (AvgIpc) is 3.02. The predicted octanol–water partition coefficient (Wildman–Crippen LogP) is 3.83. The van der Waals surface area contributed by atoms with E-state index in [1.807, 2.05) is 0 Å². The molecule has 1 N–H and O–H groups in total. The molecule has 1 heterocycles. The van der Waals surface area contributed by atoms with Gasteiger partial charge in [-0.05, 0) is 51.5 Å². The Morgan fingerprint density at radius 3 is 2.75 bits per heavy atom. The zero-order chi connectivity index (χ0) is 14.5. The lowest BCUT2D eigenvalue weighted by Crippen LogP contribution is -2.34. The van der Waals surface area contributed by atoms with E-state index in [4.69, 9.17) is 11.6 Å². The van der Waals surface area contributed by atoms with Crippen molar-refractivity contribution in [2.24, 2.45) is 5.92 Å². The van der Waals surface area contributed by atoms with E-state index < -0.39 is 0 Å². The molecule has 1 aliphatic rings. The number of nitrogens with zero attached hydrogens (tertiary/aromatic N) is 2. The predicted molar refractivity (Wildman–Crippen MR) is 85.4 cm³/mol. The summed E-state index contributed by atoms with van der Waals surface area (Å²) in [7, 11) is 0. The summed E-state index contributed by atoms with van der Waals surface area (Å²) in [6, 6.07) is 0.663. The van der Waals surface area contributed by atoms with Gasteiger partial charge in [0.2, 0.25) is 0 Å². The van der Waals surface area contributed by atoms with E-state index in [0.29, 0.717) is 12.0 Å². The van der Waals surface area contributed by atoms with Crippen molar-refractivity contribution in [1.29, 1.82) is 0 Å². The lowest BCUT2D eigenvalue weighted by molar-refractivity contribution is 0.389. The van der Waals surface area contributed by atoms with Gasteiger partial charge in [0.1, 0.15) is 0 Å². The third kappa shape index (κ3) is 3.37. The van der Waals surface area contributed by atoms with E-state index in [-0.39, 0.29) is 0 Å². The van der Waals surface area contributed by atoms with Gasteiger partial charge in [0.15, 0.2) is 0 Å². The van der Waals surface area contributed by atoms with Crippen LogP contribution in [0.3, 0.4) is 0 Å². The molecule has 2 rings (SSSR count). The highest BCUT2D eigenvalue weighted by molar-refractivity contribution is 6.31. The molecule has 20 heavy (non-hydrogen) atoms. The molecule has 0 aromatic carbocycles. The van der Waals surface area contributed by atoms with Crippen LogP contribution in [-0.2, 0) is 19.4 Å². The summed E-state index contributed by atoms with van der Waals surface area (Å²) < 4.78 is 2.11. The summed E-state index contributed by atoms with van der Waals surface area (Å²) in [6.45, 7) is 8.54. The molecule has 0 bridgehead atoms. The third-order valence-electron chi connectivity index (χ3n) is 4.47. The van der Waals surface area contributed by atoms with Crippen LogP contribution < -0.4 is 5.32 Å². The van der Waals surface area contributed by atoms with Crippen molar-refractivity contribution < 1.29 is 0 Å². The first-order valence-electron chi connectivity index (χ1n) is 8.18. The molecule has 1 aromatic rings. The largest absolute Gasteiger partial charge is 0.314 e. The molecular formula is C16H28ClN3. The van der Waals surface area contributed by atoms with E-state index >= 15 is 0 Å². The van der Waals surface area contributed by atoms with Crippen LogP contribution in [0.2, 0.25) is 5.02 Å². The van der Waals surface area contributed by atoms with E-state index in [0.717, 1.165) is 36.6 Å². The molecule has 114 valence electrons. The van der Waals surface area contributed by atoms with Crippen molar-refractivity contribution in [2.75, 3.05) is 6.54 Å². The minimum Gasteiger partial charge on any atom is -0.314 e. The molecule has 0 radical (unpaired) electrons. The Morgan fingerprint density at radius 2 is 2.10 bits per heavy atom. The standard InChI is InChI=1S/C16H28ClN3/c1-4-10-18-14-9-7-8-12(14)11-15-16(17)13(5-2)19-20(15)6-3/h12,14,18H,4-11H2,1-3H3. The topological polar surface area (TPSA) is 29.9 Å². The number of nitrogens with one attached hydrogen (secondary N) is 1. The van der Waals surface area contributed by atoms with Crippen LogP contribution in [0.4, 0.5) is 0 Å². The minimum atomic E-state index is 0.663. The van der Waals surface area contributed by atoms with E-state index in [1.165, 1.54) is 31.4 Å². The molecule has 0 spiro atoms. The smallest absolute Gasteiger partial charge is 0.0849 e. The van der Waals surface area contributed by atoms with E-state index in [1.54, 1.807) is 0 Å². The van der Waals surface area contributed by atoms with Gasteiger partial charge in [0.25, 0.3) is 0 Å². The van der Waals surface area contributed by atoms with Gasteiger partial charge in [-0.1, -0.05) is 31.9 Å². The Balaban J connectivity index is 2.10. The molecule has 2 unspecified atom stereocenters. The van der Waals surface area contributed by atoms with Crippen LogP contribution in [-0.4, -0.2) is 22.4 Å². The summed E-state index contributed by atoms with van der Waals surface area (Å²) in [6.07, 6.45) is 7.15. The maximum absolute atomic E-state index is 6.54. The number of halogens is 1. The Labute approximate surface area is 128 Å². The quantitative estimate of drug-likeness (QED) is 0.829. The Kier molecular flexibility index (Phi) is 5.91. The Hall–Kier alpha value is -0.540.